The van der Waals surface area contributed by atoms with E-state index < -0.39 is 11.6 Å². The van der Waals surface area contributed by atoms with Crippen LogP contribution in [0.4, 0.5) is 20.2 Å². The summed E-state index contributed by atoms with van der Waals surface area (Å²) in [6.45, 7) is 3.21. The lowest BCUT2D eigenvalue weighted by atomic mass is 9.94. The van der Waals surface area contributed by atoms with Crippen molar-refractivity contribution in [1.82, 2.24) is 19.9 Å². The standard InChI is InChI=1S/C31H27F2N5O2/c1-18-30(25-5-3-4-8-35-25)38-28-13-21(32)12-24(33)29(28)31(18)37-27-14-26(19-6-9-40-10-7-19)36-17-23(27)20-11-22(39-2)16-34-15-20/h3-5,8,11-17,19H,6-7,9-10H2,1-2H3,(H,36,37,38). The van der Waals surface area contributed by atoms with Gasteiger partial charge >= 0.3 is 0 Å². The van der Waals surface area contributed by atoms with Gasteiger partial charge in [0.15, 0.2) is 0 Å². The summed E-state index contributed by atoms with van der Waals surface area (Å²) in [4.78, 5) is 18.2. The second-order valence-electron chi connectivity index (χ2n) is 9.74. The van der Waals surface area contributed by atoms with Crippen LogP contribution in [-0.4, -0.2) is 40.3 Å². The van der Waals surface area contributed by atoms with Crippen molar-refractivity contribution in [2.24, 2.45) is 0 Å². The molecule has 0 atom stereocenters. The molecule has 1 fully saturated rings. The number of nitrogens with zero attached hydrogens (tertiary/aromatic N) is 4. The molecule has 1 aliphatic rings. The molecule has 0 bridgehead atoms. The highest BCUT2D eigenvalue weighted by Gasteiger charge is 2.22. The number of aromatic nitrogens is 4. The average molecular weight is 540 g/mol. The Morgan fingerprint density at radius 1 is 1.00 bits per heavy atom. The zero-order valence-electron chi connectivity index (χ0n) is 22.1. The average Bonchev–Trinajstić information content (AvgIpc) is 2.99. The number of ether oxygens (including phenoxy) is 2. The summed E-state index contributed by atoms with van der Waals surface area (Å²) < 4.78 is 40.7. The summed E-state index contributed by atoms with van der Waals surface area (Å²) in [5.74, 6) is -0.574. The van der Waals surface area contributed by atoms with Crippen LogP contribution < -0.4 is 10.1 Å². The fourth-order valence-electron chi connectivity index (χ4n) is 5.15. The van der Waals surface area contributed by atoms with E-state index >= 15 is 4.39 Å². The zero-order valence-corrected chi connectivity index (χ0v) is 22.1. The van der Waals surface area contributed by atoms with Crippen molar-refractivity contribution in [3.63, 3.8) is 0 Å². The molecule has 1 saturated heterocycles. The molecule has 0 saturated carbocycles. The minimum absolute atomic E-state index is 0.189. The van der Waals surface area contributed by atoms with Gasteiger partial charge in [-0.15, -0.1) is 0 Å². The first kappa shape index (κ1) is 25.8. The fraction of sp³-hybridized carbons (Fsp3) is 0.226. The van der Waals surface area contributed by atoms with Crippen LogP contribution in [0.3, 0.4) is 0 Å². The minimum Gasteiger partial charge on any atom is -0.495 e. The Kier molecular flexibility index (Phi) is 7.04. The van der Waals surface area contributed by atoms with E-state index in [9.17, 15) is 4.39 Å². The summed E-state index contributed by atoms with van der Waals surface area (Å²) >= 11 is 0. The van der Waals surface area contributed by atoms with Gasteiger partial charge in [0.1, 0.15) is 17.4 Å². The van der Waals surface area contributed by atoms with E-state index in [-0.39, 0.29) is 16.8 Å². The number of halogens is 2. The number of rotatable bonds is 6. The van der Waals surface area contributed by atoms with Gasteiger partial charge in [0.2, 0.25) is 0 Å². The first-order valence-corrected chi connectivity index (χ1v) is 13.1. The monoisotopic (exact) mass is 539 g/mol. The molecular weight excluding hydrogens is 512 g/mol. The highest BCUT2D eigenvalue weighted by molar-refractivity contribution is 5.99. The van der Waals surface area contributed by atoms with Crippen molar-refractivity contribution < 1.29 is 18.3 Å². The Hall–Kier alpha value is -4.50. The molecule has 0 amide bonds. The molecule has 7 nitrogen and oxygen atoms in total. The van der Waals surface area contributed by atoms with Crippen LogP contribution in [0, 0.1) is 18.6 Å². The second-order valence-corrected chi connectivity index (χ2v) is 9.74. The number of nitrogens with one attached hydrogen (secondary N) is 1. The molecule has 202 valence electrons. The van der Waals surface area contributed by atoms with Gasteiger partial charge in [-0.1, -0.05) is 6.07 Å². The highest BCUT2D eigenvalue weighted by atomic mass is 19.1. The third-order valence-corrected chi connectivity index (χ3v) is 7.24. The Balaban J connectivity index is 1.57. The van der Waals surface area contributed by atoms with Crippen LogP contribution in [0.25, 0.3) is 33.4 Å². The van der Waals surface area contributed by atoms with Gasteiger partial charge in [-0.3, -0.25) is 15.0 Å². The summed E-state index contributed by atoms with van der Waals surface area (Å²) in [5.41, 5.74) is 5.63. The van der Waals surface area contributed by atoms with Crippen molar-refractivity contribution in [3.8, 4) is 28.3 Å². The molecule has 1 aliphatic heterocycles. The number of hydrogen-bond donors (Lipinski definition) is 1. The van der Waals surface area contributed by atoms with Crippen LogP contribution in [0.2, 0.25) is 0 Å². The van der Waals surface area contributed by atoms with Crippen molar-refractivity contribution in [1.29, 1.82) is 0 Å². The molecule has 40 heavy (non-hydrogen) atoms. The summed E-state index contributed by atoms with van der Waals surface area (Å²) in [6.07, 6.45) is 8.55. The number of fused-ring (bicyclic) bond motifs is 1. The molecule has 1 N–H and O–H groups in total. The van der Waals surface area contributed by atoms with Gasteiger partial charge in [-0.2, -0.15) is 0 Å². The molecule has 6 rings (SSSR count). The van der Waals surface area contributed by atoms with Gasteiger partial charge in [0.05, 0.1) is 41.3 Å². The van der Waals surface area contributed by atoms with Crippen LogP contribution in [0.1, 0.15) is 30.0 Å². The first-order valence-electron chi connectivity index (χ1n) is 13.1. The van der Waals surface area contributed by atoms with Crippen molar-refractivity contribution in [2.75, 3.05) is 25.6 Å². The summed E-state index contributed by atoms with van der Waals surface area (Å²) in [5, 5.41) is 3.69. The van der Waals surface area contributed by atoms with Crippen molar-refractivity contribution in [2.45, 2.75) is 25.7 Å². The summed E-state index contributed by atoms with van der Waals surface area (Å²) in [6, 6.07) is 11.5. The molecule has 0 aliphatic carbocycles. The largest absolute Gasteiger partial charge is 0.495 e. The highest BCUT2D eigenvalue weighted by Crippen LogP contribution is 2.40. The first-order chi connectivity index (χ1) is 19.5. The third kappa shape index (κ3) is 4.96. The Bertz CT molecular complexity index is 1690. The van der Waals surface area contributed by atoms with E-state index in [1.807, 2.05) is 37.3 Å². The Morgan fingerprint density at radius 3 is 2.62 bits per heavy atom. The Labute approximate surface area is 230 Å². The van der Waals surface area contributed by atoms with E-state index in [1.165, 1.54) is 6.07 Å². The number of pyridine rings is 4. The smallest absolute Gasteiger partial charge is 0.137 e. The van der Waals surface area contributed by atoms with Gasteiger partial charge in [-0.25, -0.2) is 13.8 Å². The van der Waals surface area contributed by atoms with E-state index in [4.69, 9.17) is 14.5 Å². The maximum atomic E-state index is 15.4. The predicted molar refractivity (Wildman–Crippen MR) is 150 cm³/mol. The quantitative estimate of drug-likeness (QED) is 0.249. The van der Waals surface area contributed by atoms with E-state index in [0.717, 1.165) is 35.7 Å². The molecule has 1 aromatic carbocycles. The summed E-state index contributed by atoms with van der Waals surface area (Å²) in [7, 11) is 1.58. The lowest BCUT2D eigenvalue weighted by Crippen LogP contribution is -2.15. The third-order valence-electron chi connectivity index (χ3n) is 7.24. The lowest BCUT2D eigenvalue weighted by molar-refractivity contribution is 0.0845. The minimum atomic E-state index is -0.705. The molecule has 0 radical (unpaired) electrons. The lowest BCUT2D eigenvalue weighted by Gasteiger charge is -2.24. The van der Waals surface area contributed by atoms with Gasteiger partial charge in [-0.05, 0) is 44.0 Å². The van der Waals surface area contributed by atoms with Gasteiger partial charge in [0.25, 0.3) is 0 Å². The molecule has 5 heterocycles. The SMILES string of the molecule is COc1cncc(-c2cnc(C3CCOCC3)cc2Nc2c(C)c(-c3ccccn3)nc3cc(F)cc(F)c23)c1. The van der Waals surface area contributed by atoms with Crippen molar-refractivity contribution >= 4 is 22.3 Å². The van der Waals surface area contributed by atoms with Crippen LogP contribution in [0.5, 0.6) is 5.75 Å². The normalized spacial score (nSPS) is 13.9. The van der Waals surface area contributed by atoms with Crippen LogP contribution in [0.15, 0.2) is 67.3 Å². The van der Waals surface area contributed by atoms with Gasteiger partial charge < -0.3 is 14.8 Å². The molecule has 4 aromatic heterocycles. The molecule has 5 aromatic rings. The number of methoxy groups -OCH3 is 1. The predicted octanol–water partition coefficient (Wildman–Crippen LogP) is 6.99. The topological polar surface area (TPSA) is 82.1 Å². The Morgan fingerprint density at radius 2 is 1.85 bits per heavy atom. The van der Waals surface area contributed by atoms with E-state index in [1.54, 1.807) is 31.9 Å². The van der Waals surface area contributed by atoms with Crippen molar-refractivity contribution in [3.05, 3.63) is 90.1 Å². The molecular formula is C31H27F2N5O2. The zero-order chi connectivity index (χ0) is 27.6. The maximum Gasteiger partial charge on any atom is 0.137 e. The fourth-order valence-corrected chi connectivity index (χ4v) is 5.15. The molecule has 0 unspecified atom stereocenters. The van der Waals surface area contributed by atoms with Crippen LogP contribution >= 0.6 is 0 Å². The number of benzene rings is 1. The van der Waals surface area contributed by atoms with Gasteiger partial charge in [0, 0.05) is 77.9 Å². The number of hydrogen-bond acceptors (Lipinski definition) is 7. The second kappa shape index (κ2) is 10.9. The van der Waals surface area contributed by atoms with E-state index in [0.29, 0.717) is 47.3 Å². The number of anilines is 2. The van der Waals surface area contributed by atoms with Crippen LogP contribution in [-0.2, 0) is 4.74 Å². The van der Waals surface area contributed by atoms with E-state index in [2.05, 4.69) is 20.3 Å². The maximum absolute atomic E-state index is 15.4. The molecule has 9 heteroatoms. The molecule has 0 spiro atoms.